The van der Waals surface area contributed by atoms with Crippen molar-refractivity contribution in [1.29, 1.82) is 0 Å². The van der Waals surface area contributed by atoms with Crippen molar-refractivity contribution in [3.8, 4) is 0 Å². The monoisotopic (exact) mass is 293 g/mol. The van der Waals surface area contributed by atoms with Crippen LogP contribution in [0, 0.1) is 5.82 Å². The molecule has 0 aromatic heterocycles. The largest absolute Gasteiger partial charge is 0.336 e. The molecule has 21 heavy (non-hydrogen) atoms. The summed E-state index contributed by atoms with van der Waals surface area (Å²) >= 11 is 0. The second-order valence-corrected chi connectivity index (χ2v) is 5.58. The van der Waals surface area contributed by atoms with E-state index in [0.29, 0.717) is 13.1 Å². The molecule has 5 nitrogen and oxygen atoms in total. The lowest BCUT2D eigenvalue weighted by Gasteiger charge is -2.18. The Morgan fingerprint density at radius 2 is 2.24 bits per heavy atom. The smallest absolute Gasteiger partial charge is 0.315 e. The predicted octanol–water partition coefficient (Wildman–Crippen LogP) is 1.63. The van der Waals surface area contributed by atoms with E-state index in [1.807, 2.05) is 13.8 Å². The van der Waals surface area contributed by atoms with Gasteiger partial charge in [-0.3, -0.25) is 4.79 Å². The van der Waals surface area contributed by atoms with E-state index in [0.717, 1.165) is 5.56 Å². The first-order valence-corrected chi connectivity index (χ1v) is 7.03. The van der Waals surface area contributed by atoms with Gasteiger partial charge in [-0.1, -0.05) is 12.1 Å². The number of amides is 3. The van der Waals surface area contributed by atoms with Gasteiger partial charge in [0, 0.05) is 25.6 Å². The molecule has 1 unspecified atom stereocenters. The van der Waals surface area contributed by atoms with Gasteiger partial charge in [-0.05, 0) is 31.5 Å². The highest BCUT2D eigenvalue weighted by Crippen LogP contribution is 2.15. The van der Waals surface area contributed by atoms with Crippen molar-refractivity contribution in [2.24, 2.45) is 0 Å². The highest BCUT2D eigenvalue weighted by atomic mass is 19.1. The van der Waals surface area contributed by atoms with Crippen LogP contribution in [-0.4, -0.2) is 35.5 Å². The Balaban J connectivity index is 1.89. The highest BCUT2D eigenvalue weighted by molar-refractivity contribution is 5.81. The molecule has 2 N–H and O–H groups in total. The van der Waals surface area contributed by atoms with Crippen molar-refractivity contribution >= 4 is 11.9 Å². The average molecular weight is 293 g/mol. The minimum atomic E-state index is -0.315. The number of rotatable bonds is 4. The zero-order chi connectivity index (χ0) is 15.4. The van der Waals surface area contributed by atoms with Crippen LogP contribution in [0.4, 0.5) is 9.18 Å². The fraction of sp³-hybridized carbons (Fsp3) is 0.467. The molecule has 1 heterocycles. The lowest BCUT2D eigenvalue weighted by molar-refractivity contribution is -0.128. The number of nitrogens with zero attached hydrogens (tertiary/aromatic N) is 1. The summed E-state index contributed by atoms with van der Waals surface area (Å²) in [6.45, 7) is 4.55. The molecule has 0 bridgehead atoms. The van der Waals surface area contributed by atoms with Crippen molar-refractivity contribution in [3.63, 3.8) is 0 Å². The lowest BCUT2D eigenvalue weighted by Crippen LogP contribution is -2.45. The number of urea groups is 1. The molecule has 1 fully saturated rings. The van der Waals surface area contributed by atoms with Crippen LogP contribution >= 0.6 is 0 Å². The number of nitrogens with one attached hydrogen (secondary N) is 2. The third kappa shape index (κ3) is 4.44. The van der Waals surface area contributed by atoms with E-state index in [2.05, 4.69) is 10.6 Å². The van der Waals surface area contributed by atoms with Crippen LogP contribution in [0.25, 0.3) is 0 Å². The second-order valence-electron chi connectivity index (χ2n) is 5.58. The lowest BCUT2D eigenvalue weighted by atomic mass is 10.2. The van der Waals surface area contributed by atoms with Crippen LogP contribution in [0.15, 0.2) is 24.3 Å². The maximum Gasteiger partial charge on any atom is 0.315 e. The van der Waals surface area contributed by atoms with Crippen molar-refractivity contribution < 1.29 is 14.0 Å². The van der Waals surface area contributed by atoms with Gasteiger partial charge in [0.15, 0.2) is 0 Å². The quantitative estimate of drug-likeness (QED) is 0.886. The summed E-state index contributed by atoms with van der Waals surface area (Å²) in [6.07, 6.45) is 0.279. The first-order chi connectivity index (χ1) is 9.94. The van der Waals surface area contributed by atoms with E-state index < -0.39 is 0 Å². The minimum Gasteiger partial charge on any atom is -0.336 e. The predicted molar refractivity (Wildman–Crippen MR) is 77.0 cm³/mol. The van der Waals surface area contributed by atoms with Crippen LogP contribution in [0.5, 0.6) is 0 Å². The fourth-order valence-electron chi connectivity index (χ4n) is 2.37. The molecule has 3 amide bonds. The summed E-state index contributed by atoms with van der Waals surface area (Å²) in [5.41, 5.74) is 0.746. The number of carbonyl (C=O) groups excluding carboxylic acids is 2. The van der Waals surface area contributed by atoms with Crippen LogP contribution in [-0.2, 0) is 11.3 Å². The molecule has 1 aliphatic rings. The van der Waals surface area contributed by atoms with Crippen LogP contribution < -0.4 is 10.6 Å². The van der Waals surface area contributed by atoms with Gasteiger partial charge in [-0.25, -0.2) is 9.18 Å². The molecule has 1 aliphatic heterocycles. The van der Waals surface area contributed by atoms with Gasteiger partial charge in [0.2, 0.25) is 5.91 Å². The van der Waals surface area contributed by atoms with E-state index >= 15 is 0 Å². The standard InChI is InChI=1S/C15H20FN3O2/c1-10(2)17-15(21)18-13-7-14(20)19(9-13)8-11-4-3-5-12(16)6-11/h3-6,10,13H,7-9H2,1-2H3,(H2,17,18,21). The third-order valence-corrected chi connectivity index (χ3v) is 3.23. The summed E-state index contributed by atoms with van der Waals surface area (Å²) in [6, 6.07) is 5.76. The minimum absolute atomic E-state index is 0.0332. The molecule has 0 saturated carbocycles. The summed E-state index contributed by atoms with van der Waals surface area (Å²) in [7, 11) is 0. The molecule has 1 aromatic rings. The Morgan fingerprint density at radius 3 is 2.90 bits per heavy atom. The van der Waals surface area contributed by atoms with Crippen LogP contribution in [0.1, 0.15) is 25.8 Å². The van der Waals surface area contributed by atoms with Gasteiger partial charge in [0.1, 0.15) is 5.82 Å². The van der Waals surface area contributed by atoms with Crippen LogP contribution in [0.2, 0.25) is 0 Å². The molecule has 0 aliphatic carbocycles. The number of hydrogen-bond acceptors (Lipinski definition) is 2. The van der Waals surface area contributed by atoms with Gasteiger partial charge < -0.3 is 15.5 Å². The second kappa shape index (κ2) is 6.56. The molecule has 6 heteroatoms. The van der Waals surface area contributed by atoms with Gasteiger partial charge >= 0.3 is 6.03 Å². The first-order valence-electron chi connectivity index (χ1n) is 7.03. The SMILES string of the molecule is CC(C)NC(=O)NC1CC(=O)N(Cc2cccc(F)c2)C1. The number of likely N-dealkylation sites (tertiary alicyclic amines) is 1. The summed E-state index contributed by atoms with van der Waals surface area (Å²) in [5, 5.41) is 5.51. The van der Waals surface area contributed by atoms with Crippen molar-refractivity contribution in [1.82, 2.24) is 15.5 Å². The number of carbonyl (C=O) groups is 2. The number of benzene rings is 1. The first kappa shape index (κ1) is 15.3. The number of halogens is 1. The molecule has 0 spiro atoms. The molecule has 0 radical (unpaired) electrons. The van der Waals surface area contributed by atoms with Gasteiger partial charge in [0.25, 0.3) is 0 Å². The summed E-state index contributed by atoms with van der Waals surface area (Å²) in [4.78, 5) is 25.2. The average Bonchev–Trinajstić information content (AvgIpc) is 2.68. The fourth-order valence-corrected chi connectivity index (χ4v) is 2.37. The van der Waals surface area contributed by atoms with E-state index in [9.17, 15) is 14.0 Å². The van der Waals surface area contributed by atoms with E-state index in [-0.39, 0.29) is 36.3 Å². The zero-order valence-corrected chi connectivity index (χ0v) is 12.2. The molecule has 1 aromatic carbocycles. The maximum absolute atomic E-state index is 13.1. The van der Waals surface area contributed by atoms with Gasteiger partial charge in [0.05, 0.1) is 6.04 Å². The molecular weight excluding hydrogens is 273 g/mol. The van der Waals surface area contributed by atoms with Crippen molar-refractivity contribution in [2.75, 3.05) is 6.54 Å². The Bertz CT molecular complexity index is 533. The Kier molecular flexibility index (Phi) is 4.77. The molecule has 1 atom stereocenters. The van der Waals surface area contributed by atoms with Gasteiger partial charge in [-0.15, -0.1) is 0 Å². The Hall–Kier alpha value is -2.11. The molecule has 1 saturated heterocycles. The van der Waals surface area contributed by atoms with Gasteiger partial charge in [-0.2, -0.15) is 0 Å². The summed E-state index contributed by atoms with van der Waals surface area (Å²) in [5.74, 6) is -0.348. The Labute approximate surface area is 123 Å². The van der Waals surface area contributed by atoms with Crippen molar-refractivity contribution in [2.45, 2.75) is 38.9 Å². The maximum atomic E-state index is 13.1. The van der Waals surface area contributed by atoms with E-state index in [4.69, 9.17) is 0 Å². The molecule has 2 rings (SSSR count). The Morgan fingerprint density at radius 1 is 1.48 bits per heavy atom. The molecule has 114 valence electrons. The topological polar surface area (TPSA) is 61.4 Å². The molecular formula is C15H20FN3O2. The van der Waals surface area contributed by atoms with Crippen LogP contribution in [0.3, 0.4) is 0 Å². The highest BCUT2D eigenvalue weighted by Gasteiger charge is 2.30. The van der Waals surface area contributed by atoms with E-state index in [1.54, 1.807) is 17.0 Å². The van der Waals surface area contributed by atoms with Crippen molar-refractivity contribution in [3.05, 3.63) is 35.6 Å². The summed E-state index contributed by atoms with van der Waals surface area (Å²) < 4.78 is 13.1. The number of hydrogen-bond donors (Lipinski definition) is 2. The third-order valence-electron chi connectivity index (χ3n) is 3.23. The normalized spacial score (nSPS) is 18.2. The zero-order valence-electron chi connectivity index (χ0n) is 12.2. The van der Waals surface area contributed by atoms with E-state index in [1.165, 1.54) is 12.1 Å².